The second-order valence-corrected chi connectivity index (χ2v) is 4.04. The molecule has 3 rings (SSSR count). The normalized spacial score (nSPS) is 10.5. The highest BCUT2D eigenvalue weighted by atomic mass is 16.1. The van der Waals surface area contributed by atoms with Gasteiger partial charge in [0.1, 0.15) is 12.0 Å². The first-order chi connectivity index (χ1) is 9.31. The molecule has 0 aliphatic heterocycles. The van der Waals surface area contributed by atoms with Crippen LogP contribution in [0.1, 0.15) is 20.8 Å². The van der Waals surface area contributed by atoms with E-state index in [1.165, 1.54) is 6.20 Å². The summed E-state index contributed by atoms with van der Waals surface area (Å²) in [5.41, 5.74) is 3.30. The van der Waals surface area contributed by atoms with E-state index in [0.717, 1.165) is 18.1 Å². The maximum atomic E-state index is 10.9. The van der Waals surface area contributed by atoms with E-state index >= 15 is 0 Å². The van der Waals surface area contributed by atoms with Crippen LogP contribution in [-0.4, -0.2) is 26.9 Å². The minimum Gasteiger partial charge on any atom is -0.298 e. The zero-order valence-corrected chi connectivity index (χ0v) is 9.85. The number of nitrogens with zero attached hydrogens (tertiary/aromatic N) is 3. The molecule has 0 fully saturated rings. The van der Waals surface area contributed by atoms with Gasteiger partial charge in [-0.05, 0) is 0 Å². The number of benzene rings is 1. The van der Waals surface area contributed by atoms with Crippen molar-refractivity contribution in [2.75, 3.05) is 0 Å². The summed E-state index contributed by atoms with van der Waals surface area (Å²) >= 11 is 0. The Hall–Kier alpha value is -2.82. The van der Waals surface area contributed by atoms with E-state index in [1.807, 2.05) is 12.1 Å². The quantitative estimate of drug-likeness (QED) is 0.668. The van der Waals surface area contributed by atoms with Crippen LogP contribution >= 0.6 is 0 Å². The lowest BCUT2D eigenvalue weighted by molar-refractivity contribution is 0.111. The molecule has 19 heavy (non-hydrogen) atoms. The van der Waals surface area contributed by atoms with Crippen molar-refractivity contribution in [2.45, 2.75) is 0 Å². The first-order valence-corrected chi connectivity index (χ1v) is 5.66. The van der Waals surface area contributed by atoms with Crippen molar-refractivity contribution in [2.24, 2.45) is 0 Å². The molecule has 5 nitrogen and oxygen atoms in total. The minimum absolute atomic E-state index is 0.475. The van der Waals surface area contributed by atoms with Gasteiger partial charge in [0.15, 0.2) is 11.9 Å². The molecule has 2 aromatic heterocycles. The number of carbonyl (C=O) groups excluding carboxylic acids is 2. The van der Waals surface area contributed by atoms with Gasteiger partial charge in [-0.15, -0.1) is 0 Å². The van der Waals surface area contributed by atoms with Crippen molar-refractivity contribution < 1.29 is 9.59 Å². The molecule has 0 N–H and O–H groups in total. The Morgan fingerprint density at radius 3 is 2.42 bits per heavy atom. The standard InChI is InChI=1S/C14H9N3O2/c18-8-10-1-3-11(4-2-10)13-7-17-12(9-19)5-16-14(17)6-15-13/h1-9H. The highest BCUT2D eigenvalue weighted by Gasteiger charge is 2.05. The minimum atomic E-state index is 0.475. The first kappa shape index (κ1) is 11.3. The predicted octanol–water partition coefficient (Wildman–Crippen LogP) is 2.02. The van der Waals surface area contributed by atoms with Crippen molar-refractivity contribution >= 4 is 18.2 Å². The van der Waals surface area contributed by atoms with Gasteiger partial charge < -0.3 is 0 Å². The molecule has 5 heteroatoms. The molecule has 0 unspecified atom stereocenters. The molecule has 92 valence electrons. The maximum absolute atomic E-state index is 10.9. The fourth-order valence-corrected chi connectivity index (χ4v) is 1.88. The number of aromatic nitrogens is 3. The van der Waals surface area contributed by atoms with E-state index in [1.54, 1.807) is 28.9 Å². The summed E-state index contributed by atoms with van der Waals surface area (Å²) in [6.45, 7) is 0. The van der Waals surface area contributed by atoms with Crippen molar-refractivity contribution in [1.82, 2.24) is 14.4 Å². The number of fused-ring (bicyclic) bond motifs is 1. The third kappa shape index (κ3) is 1.91. The van der Waals surface area contributed by atoms with Crippen molar-refractivity contribution in [3.8, 4) is 11.3 Å². The number of carbonyl (C=O) groups is 2. The van der Waals surface area contributed by atoms with E-state index in [0.29, 0.717) is 22.6 Å². The Morgan fingerprint density at radius 1 is 0.947 bits per heavy atom. The molecule has 3 aromatic rings. The zero-order chi connectivity index (χ0) is 13.2. The van der Waals surface area contributed by atoms with Crippen LogP contribution in [-0.2, 0) is 0 Å². The average molecular weight is 251 g/mol. The molecule has 0 saturated carbocycles. The Kier molecular flexibility index (Phi) is 2.64. The Bertz CT molecular complexity index is 760. The third-order valence-electron chi connectivity index (χ3n) is 2.89. The highest BCUT2D eigenvalue weighted by Crippen LogP contribution is 2.18. The van der Waals surface area contributed by atoms with Crippen LogP contribution in [0.3, 0.4) is 0 Å². The van der Waals surface area contributed by atoms with Gasteiger partial charge in [-0.2, -0.15) is 0 Å². The van der Waals surface area contributed by atoms with E-state index in [9.17, 15) is 9.59 Å². The molecule has 0 radical (unpaired) electrons. The summed E-state index contributed by atoms with van der Waals surface area (Å²) in [6, 6.07) is 7.08. The smallest absolute Gasteiger partial charge is 0.168 e. The molecule has 0 atom stereocenters. The van der Waals surface area contributed by atoms with Gasteiger partial charge in [0.2, 0.25) is 0 Å². The topological polar surface area (TPSA) is 64.3 Å². The fourth-order valence-electron chi connectivity index (χ4n) is 1.88. The number of hydrogen-bond acceptors (Lipinski definition) is 4. The molecule has 1 aromatic carbocycles. The summed E-state index contributed by atoms with van der Waals surface area (Å²) in [4.78, 5) is 29.9. The van der Waals surface area contributed by atoms with Gasteiger partial charge in [-0.1, -0.05) is 24.3 Å². The maximum Gasteiger partial charge on any atom is 0.168 e. The molecule has 0 amide bonds. The van der Waals surface area contributed by atoms with Gasteiger partial charge in [0.05, 0.1) is 18.1 Å². The van der Waals surface area contributed by atoms with Gasteiger partial charge >= 0.3 is 0 Å². The SMILES string of the molecule is O=Cc1ccc(-c2cn3c(C=O)cnc3cn2)cc1. The van der Waals surface area contributed by atoms with Crippen molar-refractivity contribution in [3.63, 3.8) is 0 Å². The van der Waals surface area contributed by atoms with Crippen molar-refractivity contribution in [1.29, 1.82) is 0 Å². The molecule has 0 aliphatic rings. The van der Waals surface area contributed by atoms with Gasteiger partial charge in [0.25, 0.3) is 0 Å². The largest absolute Gasteiger partial charge is 0.298 e. The summed E-state index contributed by atoms with van der Waals surface area (Å²) in [5.74, 6) is 0. The molecular formula is C14H9N3O2. The molecule has 2 heterocycles. The Labute approximate surface area is 108 Å². The van der Waals surface area contributed by atoms with E-state index < -0.39 is 0 Å². The lowest BCUT2D eigenvalue weighted by Crippen LogP contribution is -1.94. The van der Waals surface area contributed by atoms with Gasteiger partial charge in [0, 0.05) is 17.3 Å². The fraction of sp³-hybridized carbons (Fsp3) is 0. The zero-order valence-electron chi connectivity index (χ0n) is 9.85. The number of aldehydes is 2. The van der Waals surface area contributed by atoms with Gasteiger partial charge in [-0.25, -0.2) is 4.98 Å². The van der Waals surface area contributed by atoms with Crippen LogP contribution in [0.15, 0.2) is 42.9 Å². The Morgan fingerprint density at radius 2 is 1.74 bits per heavy atom. The summed E-state index contributed by atoms with van der Waals surface area (Å²) in [5, 5.41) is 0. The summed E-state index contributed by atoms with van der Waals surface area (Å²) < 4.78 is 1.68. The molecule has 0 bridgehead atoms. The van der Waals surface area contributed by atoms with Crippen LogP contribution in [0.2, 0.25) is 0 Å². The predicted molar refractivity (Wildman–Crippen MR) is 69.2 cm³/mol. The van der Waals surface area contributed by atoms with Crippen LogP contribution in [0.4, 0.5) is 0 Å². The lowest BCUT2D eigenvalue weighted by Gasteiger charge is -2.02. The van der Waals surface area contributed by atoms with Crippen LogP contribution < -0.4 is 0 Å². The van der Waals surface area contributed by atoms with Crippen LogP contribution in [0.5, 0.6) is 0 Å². The lowest BCUT2D eigenvalue weighted by atomic mass is 10.1. The van der Waals surface area contributed by atoms with E-state index in [-0.39, 0.29) is 0 Å². The number of rotatable bonds is 3. The second kappa shape index (κ2) is 4.45. The number of hydrogen-bond donors (Lipinski definition) is 0. The summed E-state index contributed by atoms with van der Waals surface area (Å²) in [7, 11) is 0. The molecule has 0 spiro atoms. The van der Waals surface area contributed by atoms with Crippen molar-refractivity contribution in [3.05, 3.63) is 54.1 Å². The summed E-state index contributed by atoms with van der Waals surface area (Å²) in [6.07, 6.45) is 6.40. The van der Waals surface area contributed by atoms with E-state index in [2.05, 4.69) is 9.97 Å². The number of imidazole rings is 1. The monoisotopic (exact) mass is 251 g/mol. The molecule has 0 aliphatic carbocycles. The van der Waals surface area contributed by atoms with Crippen LogP contribution in [0.25, 0.3) is 16.9 Å². The highest BCUT2D eigenvalue weighted by molar-refractivity contribution is 5.77. The molecule has 0 saturated heterocycles. The molecular weight excluding hydrogens is 242 g/mol. The third-order valence-corrected chi connectivity index (χ3v) is 2.89. The average Bonchev–Trinajstić information content (AvgIpc) is 2.89. The van der Waals surface area contributed by atoms with Gasteiger partial charge in [-0.3, -0.25) is 19.0 Å². The Balaban J connectivity index is 2.13. The van der Waals surface area contributed by atoms with Crippen LogP contribution in [0, 0.1) is 0 Å². The van der Waals surface area contributed by atoms with E-state index in [4.69, 9.17) is 0 Å². The first-order valence-electron chi connectivity index (χ1n) is 5.66. The second-order valence-electron chi connectivity index (χ2n) is 4.04.